The third kappa shape index (κ3) is 6.04. The van der Waals surface area contributed by atoms with Crippen LogP contribution in [-0.4, -0.2) is 40.4 Å². The summed E-state index contributed by atoms with van der Waals surface area (Å²) in [4.78, 5) is 22.2. The van der Waals surface area contributed by atoms with Crippen LogP contribution < -0.4 is 27.3 Å². The molecule has 0 fully saturated rings. The lowest BCUT2D eigenvalue weighted by Gasteiger charge is -2.10. The number of halogens is 1. The van der Waals surface area contributed by atoms with Crippen molar-refractivity contribution in [2.24, 2.45) is 7.05 Å². The highest BCUT2D eigenvalue weighted by atomic mass is 35.5. The maximum absolute atomic E-state index is 11.7. The second-order valence-corrected chi connectivity index (χ2v) is 7.55. The van der Waals surface area contributed by atoms with E-state index >= 15 is 0 Å². The molecule has 3 rings (SSSR count). The summed E-state index contributed by atoms with van der Waals surface area (Å²) in [5.74, 6) is -0.470. The number of hydrogen-bond donors (Lipinski definition) is 3. The van der Waals surface area contributed by atoms with E-state index in [1.54, 1.807) is 23.7 Å². The van der Waals surface area contributed by atoms with Crippen molar-refractivity contribution < 1.29 is 37.5 Å². The molecular weight excluding hydrogens is 416 g/mol. The fourth-order valence-electron chi connectivity index (χ4n) is 2.94. The van der Waals surface area contributed by atoms with Crippen molar-refractivity contribution >= 4 is 27.5 Å². The molecule has 0 bridgehead atoms. The predicted molar refractivity (Wildman–Crippen MR) is 107 cm³/mol. The summed E-state index contributed by atoms with van der Waals surface area (Å²) >= 11 is 1.19. The van der Waals surface area contributed by atoms with Gasteiger partial charge in [-0.1, -0.05) is 29.5 Å². The van der Waals surface area contributed by atoms with E-state index in [2.05, 4.69) is 5.32 Å². The summed E-state index contributed by atoms with van der Waals surface area (Å²) in [6.07, 6.45) is 0.226. The number of quaternary nitrogens is 1. The van der Waals surface area contributed by atoms with Gasteiger partial charge in [0.25, 0.3) is 0 Å². The lowest BCUT2D eigenvalue weighted by Crippen LogP contribution is -3.00. The van der Waals surface area contributed by atoms with Gasteiger partial charge in [-0.15, -0.1) is 0 Å². The Hall–Kier alpha value is -2.39. The topological polar surface area (TPSA) is 105 Å². The molecule has 0 spiro atoms. The number of carbonyl (C=O) groups is 1. The molecule has 2 aromatic carbocycles. The summed E-state index contributed by atoms with van der Waals surface area (Å²) in [7, 11) is 1.75. The monoisotopic (exact) mass is 438 g/mol. The van der Waals surface area contributed by atoms with Crippen molar-refractivity contribution in [2.45, 2.75) is 12.5 Å². The summed E-state index contributed by atoms with van der Waals surface area (Å²) in [5, 5.41) is 21.1. The zero-order valence-electron chi connectivity index (χ0n) is 15.9. The van der Waals surface area contributed by atoms with Gasteiger partial charge in [0.1, 0.15) is 18.4 Å². The highest BCUT2D eigenvalue weighted by Gasteiger charge is 2.12. The number of carboxylic acid groups (broad SMARTS) is 1. The van der Waals surface area contributed by atoms with Crippen LogP contribution in [0.4, 0.5) is 0 Å². The van der Waals surface area contributed by atoms with E-state index < -0.39 is 12.1 Å². The zero-order chi connectivity index (χ0) is 20.1. The van der Waals surface area contributed by atoms with Crippen molar-refractivity contribution in [1.29, 1.82) is 0 Å². The number of rotatable bonds is 9. The molecule has 0 saturated heterocycles. The van der Waals surface area contributed by atoms with Gasteiger partial charge < -0.3 is 37.2 Å². The molecule has 0 aliphatic rings. The molecule has 0 amide bonds. The molecule has 1 unspecified atom stereocenters. The van der Waals surface area contributed by atoms with Gasteiger partial charge in [0.05, 0.1) is 16.8 Å². The van der Waals surface area contributed by atoms with Gasteiger partial charge in [0.15, 0.2) is 6.61 Å². The van der Waals surface area contributed by atoms with Crippen LogP contribution in [0.5, 0.6) is 5.75 Å². The number of ether oxygens (including phenoxy) is 1. The predicted octanol–water partition coefficient (Wildman–Crippen LogP) is -2.09. The van der Waals surface area contributed by atoms with Crippen molar-refractivity contribution in [1.82, 2.24) is 4.57 Å². The molecule has 1 atom stereocenters. The number of benzene rings is 2. The first-order chi connectivity index (χ1) is 13.4. The van der Waals surface area contributed by atoms with E-state index in [-0.39, 0.29) is 23.9 Å². The average molecular weight is 439 g/mol. The van der Waals surface area contributed by atoms with E-state index in [4.69, 9.17) is 9.84 Å². The number of fused-ring (bicyclic) bond motifs is 1. The first-order valence-electron chi connectivity index (χ1n) is 8.97. The van der Waals surface area contributed by atoms with Crippen LogP contribution in [0.25, 0.3) is 10.2 Å². The molecule has 4 N–H and O–H groups in total. The number of aryl methyl sites for hydroxylation is 1. The molecule has 9 heteroatoms. The lowest BCUT2D eigenvalue weighted by molar-refractivity contribution is -0.661. The van der Waals surface area contributed by atoms with E-state index in [0.29, 0.717) is 12.3 Å². The van der Waals surface area contributed by atoms with Crippen LogP contribution in [0.15, 0.2) is 47.3 Å². The van der Waals surface area contributed by atoms with Gasteiger partial charge >= 0.3 is 10.8 Å². The highest BCUT2D eigenvalue weighted by Crippen LogP contribution is 2.21. The van der Waals surface area contributed by atoms with Gasteiger partial charge in [-0.3, -0.25) is 4.79 Å². The van der Waals surface area contributed by atoms with Crippen LogP contribution in [0.3, 0.4) is 0 Å². The minimum absolute atomic E-state index is 0. The first kappa shape index (κ1) is 22.9. The van der Waals surface area contributed by atoms with Crippen molar-refractivity contribution in [3.8, 4) is 5.75 Å². The van der Waals surface area contributed by atoms with Crippen LogP contribution in [-0.2, 0) is 18.3 Å². The van der Waals surface area contributed by atoms with Gasteiger partial charge in [-0.25, -0.2) is 4.79 Å². The van der Waals surface area contributed by atoms with Gasteiger partial charge in [-0.2, -0.15) is 0 Å². The third-order valence-electron chi connectivity index (χ3n) is 4.51. The fraction of sp³-hybridized carbons (Fsp3) is 0.300. The Morgan fingerprint density at radius 1 is 1.24 bits per heavy atom. The maximum atomic E-state index is 11.7. The summed E-state index contributed by atoms with van der Waals surface area (Å²) in [6, 6.07) is 13.0. The molecule has 1 aromatic heterocycles. The second kappa shape index (κ2) is 10.4. The second-order valence-electron chi connectivity index (χ2n) is 6.56. The number of hydrogen-bond acceptors (Lipinski definition) is 5. The van der Waals surface area contributed by atoms with E-state index in [9.17, 15) is 14.7 Å². The molecule has 7 nitrogen and oxygen atoms in total. The van der Waals surface area contributed by atoms with Gasteiger partial charge in [0, 0.05) is 13.5 Å². The molecule has 1 heterocycles. The lowest BCUT2D eigenvalue weighted by atomic mass is 10.1. The Balaban J connectivity index is 0.00000300. The molecule has 0 saturated carbocycles. The quantitative estimate of drug-likeness (QED) is 0.332. The highest BCUT2D eigenvalue weighted by molar-refractivity contribution is 7.16. The van der Waals surface area contributed by atoms with Crippen molar-refractivity contribution in [2.75, 3.05) is 19.7 Å². The van der Waals surface area contributed by atoms with E-state index in [0.717, 1.165) is 34.3 Å². The number of nitrogens with two attached hydrogens (primary N) is 1. The molecular formula is C20H23ClN2O5S. The average Bonchev–Trinajstić information content (AvgIpc) is 2.97. The Morgan fingerprint density at radius 3 is 2.66 bits per heavy atom. The molecule has 29 heavy (non-hydrogen) atoms. The smallest absolute Gasteiger partial charge is 0.341 e. The van der Waals surface area contributed by atoms with Crippen LogP contribution in [0, 0.1) is 0 Å². The number of aliphatic hydroxyl groups excluding tert-OH is 1. The molecule has 0 aliphatic carbocycles. The molecule has 0 radical (unpaired) electrons. The Labute approximate surface area is 178 Å². The minimum atomic E-state index is -1.00. The Kier molecular flexibility index (Phi) is 8.21. The Morgan fingerprint density at radius 2 is 1.97 bits per heavy atom. The van der Waals surface area contributed by atoms with E-state index in [1.807, 2.05) is 30.3 Å². The van der Waals surface area contributed by atoms with Gasteiger partial charge in [0.2, 0.25) is 0 Å². The van der Waals surface area contributed by atoms with Crippen LogP contribution in [0.1, 0.15) is 17.2 Å². The van der Waals surface area contributed by atoms with Crippen LogP contribution >= 0.6 is 11.3 Å². The van der Waals surface area contributed by atoms with Crippen molar-refractivity contribution in [3.05, 3.63) is 63.3 Å². The number of nitrogens with zero attached hydrogens (tertiary/aromatic N) is 1. The number of thiazole rings is 1. The zero-order valence-corrected chi connectivity index (χ0v) is 17.4. The standard InChI is InChI=1S/C20H22N2O5S.ClH/c1-22-16-7-4-14(10-18(16)28-20(22)26)17(23)11-21-9-8-13-2-5-15(6-3-13)27-12-19(24)25;/h2-7,10,17,21,23H,8-9,11-12H2,1H3,(H,24,25);1H. The Bertz CT molecular complexity index is 1020. The third-order valence-corrected chi connectivity index (χ3v) is 5.51. The maximum Gasteiger partial charge on any atom is 0.341 e. The largest absolute Gasteiger partial charge is 1.00 e. The summed E-state index contributed by atoms with van der Waals surface area (Å²) in [5.41, 5.74) is 2.81. The minimum Gasteiger partial charge on any atom is -1.00 e. The molecule has 3 aromatic rings. The van der Waals surface area contributed by atoms with Crippen molar-refractivity contribution in [3.63, 3.8) is 0 Å². The van der Waals surface area contributed by atoms with Crippen LogP contribution in [0.2, 0.25) is 0 Å². The number of aliphatic hydroxyl groups is 1. The molecule has 156 valence electrons. The summed E-state index contributed by atoms with van der Waals surface area (Å²) in [6.45, 7) is 0.997. The number of aromatic nitrogens is 1. The van der Waals surface area contributed by atoms with E-state index in [1.165, 1.54) is 11.3 Å². The first-order valence-corrected chi connectivity index (χ1v) is 9.78. The SMILES string of the molecule is Cn1c(=O)sc2cc(C(O)C[NH2+]CCc3ccc(OCC(=O)O)cc3)ccc21.[Cl-]. The fourth-order valence-corrected chi connectivity index (χ4v) is 3.86. The number of carboxylic acids is 1. The summed E-state index contributed by atoms with van der Waals surface area (Å²) < 4.78 is 7.60. The van der Waals surface area contributed by atoms with Gasteiger partial charge in [-0.05, 0) is 35.4 Å². The normalized spacial score (nSPS) is 11.8. The molecule has 0 aliphatic heterocycles. The number of aliphatic carboxylic acids is 1.